The van der Waals surface area contributed by atoms with Gasteiger partial charge in [-0.15, -0.1) is 0 Å². The van der Waals surface area contributed by atoms with E-state index < -0.39 is 22.5 Å². The van der Waals surface area contributed by atoms with E-state index in [1.54, 1.807) is 0 Å². The van der Waals surface area contributed by atoms with E-state index in [0.717, 1.165) is 12.1 Å². The van der Waals surface area contributed by atoms with Crippen molar-refractivity contribution in [1.29, 1.82) is 0 Å². The number of halogens is 4. The number of rotatable bonds is 3. The molecule has 0 saturated heterocycles. The van der Waals surface area contributed by atoms with Crippen LogP contribution in [0.1, 0.15) is 11.1 Å². The fourth-order valence-electron chi connectivity index (χ4n) is 1.58. The van der Waals surface area contributed by atoms with Crippen molar-refractivity contribution in [2.45, 2.75) is 12.7 Å². The fourth-order valence-corrected chi connectivity index (χ4v) is 1.80. The first-order valence-corrected chi connectivity index (χ1v) is 5.68. The van der Waals surface area contributed by atoms with Crippen LogP contribution in [0.2, 0.25) is 5.02 Å². The average Bonchev–Trinajstić information content (AvgIpc) is 2.70. The molecule has 0 atom stereocenters. The Labute approximate surface area is 115 Å². The first kappa shape index (κ1) is 14.3. The lowest BCUT2D eigenvalue weighted by Crippen LogP contribution is -2.06. The zero-order valence-corrected chi connectivity index (χ0v) is 10.5. The Balaban J connectivity index is 2.18. The second-order valence-electron chi connectivity index (χ2n) is 3.95. The van der Waals surface area contributed by atoms with Gasteiger partial charge in [-0.2, -0.15) is 17.9 Å². The molecule has 1 aromatic heterocycles. The Bertz CT molecular complexity index is 637. The van der Waals surface area contributed by atoms with Crippen LogP contribution in [0, 0.1) is 10.1 Å². The van der Waals surface area contributed by atoms with Crippen molar-refractivity contribution in [1.82, 2.24) is 9.78 Å². The molecule has 0 aliphatic heterocycles. The lowest BCUT2D eigenvalue weighted by atomic mass is 10.1. The molecule has 20 heavy (non-hydrogen) atoms. The highest BCUT2D eigenvalue weighted by atomic mass is 35.5. The lowest BCUT2D eigenvalue weighted by molar-refractivity contribution is -0.389. The van der Waals surface area contributed by atoms with E-state index in [9.17, 15) is 23.3 Å². The monoisotopic (exact) mass is 305 g/mol. The smallest absolute Gasteiger partial charge is 0.358 e. The molecule has 5 nitrogen and oxygen atoms in total. The number of alkyl halides is 3. The molecule has 0 radical (unpaired) electrons. The van der Waals surface area contributed by atoms with Crippen LogP contribution < -0.4 is 0 Å². The zero-order chi connectivity index (χ0) is 14.9. The molecular weight excluding hydrogens is 299 g/mol. The van der Waals surface area contributed by atoms with Crippen molar-refractivity contribution < 1.29 is 18.1 Å². The minimum atomic E-state index is -4.40. The third-order valence-electron chi connectivity index (χ3n) is 2.50. The van der Waals surface area contributed by atoms with Gasteiger partial charge in [0.25, 0.3) is 0 Å². The minimum absolute atomic E-state index is 0.0890. The number of hydrogen-bond acceptors (Lipinski definition) is 3. The van der Waals surface area contributed by atoms with Crippen molar-refractivity contribution in [2.75, 3.05) is 0 Å². The van der Waals surface area contributed by atoms with E-state index in [-0.39, 0.29) is 11.6 Å². The van der Waals surface area contributed by atoms with Crippen LogP contribution in [-0.2, 0) is 12.7 Å². The summed E-state index contributed by atoms with van der Waals surface area (Å²) in [6, 6.07) is 4.44. The van der Waals surface area contributed by atoms with Crippen molar-refractivity contribution in [3.8, 4) is 0 Å². The number of nitrogens with zero attached hydrogens (tertiary/aromatic N) is 3. The highest BCUT2D eigenvalue weighted by Gasteiger charge is 2.30. The maximum atomic E-state index is 12.4. The molecule has 2 aromatic rings. The molecule has 0 spiro atoms. The van der Waals surface area contributed by atoms with Gasteiger partial charge in [-0.25, -0.2) is 0 Å². The van der Waals surface area contributed by atoms with Gasteiger partial charge in [-0.1, -0.05) is 23.7 Å². The van der Waals surface area contributed by atoms with Gasteiger partial charge < -0.3 is 10.1 Å². The Morgan fingerprint density at radius 2 is 1.90 bits per heavy atom. The Hall–Kier alpha value is -2.09. The summed E-state index contributed by atoms with van der Waals surface area (Å²) in [6.45, 7) is 0.0890. The van der Waals surface area contributed by atoms with E-state index in [1.165, 1.54) is 23.0 Å². The largest absolute Gasteiger partial charge is 0.416 e. The topological polar surface area (TPSA) is 61.0 Å². The standard InChI is InChI=1S/C11H7ClF3N3O2/c12-9-6-17(16-10(9)18(19)20)5-7-1-3-8(4-2-7)11(13,14)15/h1-4,6H,5H2. The Morgan fingerprint density at radius 3 is 2.35 bits per heavy atom. The van der Waals surface area contributed by atoms with Gasteiger partial charge in [0.05, 0.1) is 23.4 Å². The quantitative estimate of drug-likeness (QED) is 0.644. The zero-order valence-electron chi connectivity index (χ0n) is 9.76. The van der Waals surface area contributed by atoms with E-state index in [0.29, 0.717) is 5.56 Å². The molecule has 0 bridgehead atoms. The normalized spacial score (nSPS) is 11.6. The van der Waals surface area contributed by atoms with Gasteiger partial charge >= 0.3 is 12.0 Å². The molecule has 2 rings (SSSR count). The van der Waals surface area contributed by atoms with Gasteiger partial charge in [0.15, 0.2) is 5.02 Å². The van der Waals surface area contributed by atoms with E-state index in [4.69, 9.17) is 11.6 Å². The molecule has 0 saturated carbocycles. The van der Waals surface area contributed by atoms with E-state index in [1.807, 2.05) is 0 Å². The summed E-state index contributed by atoms with van der Waals surface area (Å²) in [5, 5.41) is 14.1. The number of aromatic nitrogens is 2. The second-order valence-corrected chi connectivity index (χ2v) is 4.36. The first-order valence-electron chi connectivity index (χ1n) is 5.31. The van der Waals surface area contributed by atoms with Gasteiger partial charge in [0.1, 0.15) is 0 Å². The van der Waals surface area contributed by atoms with E-state index in [2.05, 4.69) is 5.10 Å². The number of nitro groups is 1. The molecule has 1 heterocycles. The van der Waals surface area contributed by atoms with Crippen molar-refractivity contribution in [3.63, 3.8) is 0 Å². The summed E-state index contributed by atoms with van der Waals surface area (Å²) >= 11 is 5.62. The Kier molecular flexibility index (Phi) is 3.67. The van der Waals surface area contributed by atoms with Crippen LogP contribution in [0.5, 0.6) is 0 Å². The summed E-state index contributed by atoms with van der Waals surface area (Å²) < 4.78 is 38.3. The average molecular weight is 306 g/mol. The molecule has 0 fully saturated rings. The first-order chi connectivity index (χ1) is 9.27. The molecule has 106 valence electrons. The number of hydrogen-bond donors (Lipinski definition) is 0. The third-order valence-corrected chi connectivity index (χ3v) is 2.76. The molecule has 0 N–H and O–H groups in total. The lowest BCUT2D eigenvalue weighted by Gasteiger charge is -2.06. The molecule has 1 aromatic carbocycles. The maximum absolute atomic E-state index is 12.4. The number of benzene rings is 1. The molecular formula is C11H7ClF3N3O2. The van der Waals surface area contributed by atoms with Crippen molar-refractivity contribution in [2.24, 2.45) is 0 Å². The highest BCUT2D eigenvalue weighted by molar-refractivity contribution is 6.32. The SMILES string of the molecule is O=[N+]([O-])c1nn(Cc2ccc(C(F)(F)F)cc2)cc1Cl. The van der Waals surface area contributed by atoms with Gasteiger partial charge in [0.2, 0.25) is 0 Å². The van der Waals surface area contributed by atoms with Crippen LogP contribution in [0.25, 0.3) is 0 Å². The van der Waals surface area contributed by atoms with Gasteiger partial charge in [-0.3, -0.25) is 0 Å². The van der Waals surface area contributed by atoms with Crippen LogP contribution >= 0.6 is 11.6 Å². The molecule has 9 heteroatoms. The fraction of sp³-hybridized carbons (Fsp3) is 0.182. The minimum Gasteiger partial charge on any atom is -0.358 e. The predicted octanol–water partition coefficient (Wildman–Crippen LogP) is 3.51. The summed E-state index contributed by atoms with van der Waals surface area (Å²) in [5.74, 6) is -0.487. The van der Waals surface area contributed by atoms with Crippen LogP contribution in [0.4, 0.5) is 19.0 Å². The molecule has 0 amide bonds. The van der Waals surface area contributed by atoms with Crippen LogP contribution in [0.15, 0.2) is 30.5 Å². The summed E-state index contributed by atoms with van der Waals surface area (Å²) in [6.07, 6.45) is -3.15. The van der Waals surface area contributed by atoms with Crippen LogP contribution in [-0.4, -0.2) is 14.7 Å². The second kappa shape index (κ2) is 5.12. The summed E-state index contributed by atoms with van der Waals surface area (Å²) in [5.41, 5.74) is -0.238. The van der Waals surface area contributed by atoms with Gasteiger partial charge in [-0.05, 0) is 22.6 Å². The highest BCUT2D eigenvalue weighted by Crippen LogP contribution is 2.29. The summed E-state index contributed by atoms with van der Waals surface area (Å²) in [4.78, 5) is 9.83. The van der Waals surface area contributed by atoms with Crippen molar-refractivity contribution >= 4 is 17.4 Å². The Morgan fingerprint density at radius 1 is 1.30 bits per heavy atom. The third kappa shape index (κ3) is 3.08. The van der Waals surface area contributed by atoms with Crippen LogP contribution in [0.3, 0.4) is 0 Å². The summed E-state index contributed by atoms with van der Waals surface area (Å²) in [7, 11) is 0. The van der Waals surface area contributed by atoms with E-state index >= 15 is 0 Å². The molecule has 0 aliphatic carbocycles. The maximum Gasteiger partial charge on any atom is 0.416 e. The van der Waals surface area contributed by atoms with Crippen molar-refractivity contribution in [3.05, 3.63) is 56.7 Å². The van der Waals surface area contributed by atoms with Gasteiger partial charge in [0, 0.05) is 0 Å². The molecule has 0 aliphatic rings. The molecule has 0 unspecified atom stereocenters. The predicted molar refractivity (Wildman–Crippen MR) is 64.4 cm³/mol.